The molecular weight excluding hydrogens is 356 g/mol. The van der Waals surface area contributed by atoms with Gasteiger partial charge in [0.1, 0.15) is 5.60 Å². The van der Waals surface area contributed by atoms with Gasteiger partial charge in [0.2, 0.25) is 5.91 Å². The van der Waals surface area contributed by atoms with Gasteiger partial charge in [-0.3, -0.25) is 4.79 Å². The van der Waals surface area contributed by atoms with Gasteiger partial charge in [0.25, 0.3) is 0 Å². The van der Waals surface area contributed by atoms with Gasteiger partial charge in [-0.25, -0.2) is 0 Å². The van der Waals surface area contributed by atoms with Crippen LogP contribution < -0.4 is 5.32 Å². The Morgan fingerprint density at radius 1 is 1.57 bits per heavy atom. The van der Waals surface area contributed by atoms with Crippen molar-refractivity contribution in [2.24, 2.45) is 0 Å². The van der Waals surface area contributed by atoms with Crippen molar-refractivity contribution in [3.8, 4) is 0 Å². The molecule has 1 radical (unpaired) electrons. The van der Waals surface area contributed by atoms with Gasteiger partial charge in [0, 0.05) is 20.4 Å². The Morgan fingerprint density at radius 3 is 2.43 bits per heavy atom. The van der Waals surface area contributed by atoms with Gasteiger partial charge in [-0.15, -0.1) is 12.6 Å². The van der Waals surface area contributed by atoms with Crippen LogP contribution in [0.15, 0.2) is 0 Å². The maximum Gasteiger partial charge on any atom is 0.225 e. The minimum Gasteiger partial charge on any atom is -0.542 e. The van der Waals surface area contributed by atoms with Gasteiger partial charge in [-0.1, -0.05) is 20.8 Å². The number of carbonyl (C=O) groups excluding carboxylic acids is 1. The molecule has 1 atom stereocenters. The monoisotopic (exact) mass is 375 g/mol. The first-order valence-corrected chi connectivity index (χ1v) is 4.67. The SMILES string of the molecule is CC.CCC1(O)CC[C-](O)NC1=O.[Re]. The molecule has 1 unspecified atom stereocenters. The number of rotatable bonds is 1. The summed E-state index contributed by atoms with van der Waals surface area (Å²) in [6, 6.07) is 0. The zero-order chi connectivity index (χ0) is 10.5. The maximum atomic E-state index is 11.0. The van der Waals surface area contributed by atoms with Crippen LogP contribution in [0.1, 0.15) is 40.0 Å². The van der Waals surface area contributed by atoms with E-state index in [-0.39, 0.29) is 26.7 Å². The minimum absolute atomic E-state index is 0. The van der Waals surface area contributed by atoms with Gasteiger partial charge in [0.05, 0.1) is 0 Å². The second-order valence-corrected chi connectivity index (χ2v) is 2.79. The Hall–Kier alpha value is 0.0523. The molecule has 0 saturated carbocycles. The number of hydrogen-bond donors (Lipinski definition) is 3. The van der Waals surface area contributed by atoms with Crippen molar-refractivity contribution in [1.82, 2.24) is 5.32 Å². The quantitative estimate of drug-likeness (QED) is 0.598. The van der Waals surface area contributed by atoms with Crippen molar-refractivity contribution in [3.63, 3.8) is 0 Å². The van der Waals surface area contributed by atoms with Crippen LogP contribution in [-0.4, -0.2) is 21.7 Å². The summed E-state index contributed by atoms with van der Waals surface area (Å²) in [5, 5.41) is 20.6. The predicted molar refractivity (Wildman–Crippen MR) is 49.1 cm³/mol. The van der Waals surface area contributed by atoms with E-state index in [1.165, 1.54) is 0 Å². The van der Waals surface area contributed by atoms with E-state index in [0.29, 0.717) is 19.3 Å². The Kier molecular flexibility index (Phi) is 8.66. The molecule has 0 spiro atoms. The molecule has 0 aliphatic carbocycles. The summed E-state index contributed by atoms with van der Waals surface area (Å²) in [7, 11) is 0. The summed E-state index contributed by atoms with van der Waals surface area (Å²) >= 11 is 0. The van der Waals surface area contributed by atoms with E-state index in [1.54, 1.807) is 6.92 Å². The number of aliphatic hydroxyl groups excluding tert-OH is 1. The summed E-state index contributed by atoms with van der Waals surface area (Å²) in [5.74, 6) is -0.497. The number of amides is 1. The van der Waals surface area contributed by atoms with Gasteiger partial charge >= 0.3 is 0 Å². The Labute approximate surface area is 98.7 Å². The molecule has 0 aromatic heterocycles. The molecule has 85 valence electrons. The van der Waals surface area contributed by atoms with E-state index in [1.807, 2.05) is 13.8 Å². The third-order valence-electron chi connectivity index (χ3n) is 2.04. The molecule has 1 fully saturated rings. The summed E-state index contributed by atoms with van der Waals surface area (Å²) in [6.45, 7) is 5.74. The standard InChI is InChI=1S/C7H12NO3.C2H6.Re/c1-2-7(11)4-3-5(9)8-6(7)10;1-2;/h9,11H,2-4H2,1H3,(H,8,10);1-2H3;/q-1;;. The first kappa shape index (κ1) is 16.5. The van der Waals surface area contributed by atoms with E-state index in [0.717, 1.165) is 0 Å². The minimum atomic E-state index is -1.27. The molecule has 14 heavy (non-hydrogen) atoms. The van der Waals surface area contributed by atoms with Crippen molar-refractivity contribution in [2.75, 3.05) is 0 Å². The summed E-state index contributed by atoms with van der Waals surface area (Å²) in [4.78, 5) is 11.0. The van der Waals surface area contributed by atoms with Crippen LogP contribution in [-0.2, 0) is 25.2 Å². The average molecular weight is 374 g/mol. The normalized spacial score (nSPS) is 26.8. The fourth-order valence-electron chi connectivity index (χ4n) is 1.09. The third kappa shape index (κ3) is 4.06. The van der Waals surface area contributed by atoms with Crippen LogP contribution >= 0.6 is 0 Å². The van der Waals surface area contributed by atoms with Crippen molar-refractivity contribution in [1.29, 1.82) is 0 Å². The van der Waals surface area contributed by atoms with Crippen molar-refractivity contribution in [2.45, 2.75) is 45.6 Å². The largest absolute Gasteiger partial charge is 0.542 e. The van der Waals surface area contributed by atoms with Crippen LogP contribution in [0.3, 0.4) is 0 Å². The average Bonchev–Trinajstić information content (AvgIpc) is 2.16. The van der Waals surface area contributed by atoms with Gasteiger partial charge in [0.15, 0.2) is 0 Å². The molecule has 5 heteroatoms. The van der Waals surface area contributed by atoms with Crippen LogP contribution in [0.25, 0.3) is 0 Å². The van der Waals surface area contributed by atoms with Gasteiger partial charge < -0.3 is 15.5 Å². The molecule has 1 aliphatic rings. The Morgan fingerprint density at radius 2 is 2.07 bits per heavy atom. The third-order valence-corrected chi connectivity index (χ3v) is 2.04. The molecule has 3 N–H and O–H groups in total. The van der Waals surface area contributed by atoms with E-state index in [2.05, 4.69) is 5.32 Å². The van der Waals surface area contributed by atoms with E-state index in [4.69, 9.17) is 5.11 Å². The topological polar surface area (TPSA) is 69.6 Å². The zero-order valence-electron chi connectivity index (χ0n) is 8.80. The van der Waals surface area contributed by atoms with Gasteiger partial charge in [-0.2, -0.15) is 0 Å². The summed E-state index contributed by atoms with van der Waals surface area (Å²) in [6.07, 6.45) is 0.983. The van der Waals surface area contributed by atoms with Crippen molar-refractivity contribution < 1.29 is 35.4 Å². The Bertz CT molecular complexity index is 177. The molecule has 0 bridgehead atoms. The molecular formula is C9H18NO3Re-. The molecule has 1 amide bonds. The first-order valence-electron chi connectivity index (χ1n) is 4.67. The smallest absolute Gasteiger partial charge is 0.225 e. The van der Waals surface area contributed by atoms with Crippen molar-refractivity contribution in [3.05, 3.63) is 6.23 Å². The first-order chi connectivity index (χ1) is 6.08. The number of piperidine rings is 1. The van der Waals surface area contributed by atoms with Crippen LogP contribution in [0, 0.1) is 6.23 Å². The molecule has 1 rings (SSSR count). The molecule has 0 aromatic rings. The van der Waals surface area contributed by atoms with Crippen LogP contribution in [0.4, 0.5) is 0 Å². The van der Waals surface area contributed by atoms with E-state index >= 15 is 0 Å². The number of hydrogen-bond acceptors (Lipinski definition) is 3. The number of nitrogens with one attached hydrogen (secondary N) is 1. The molecule has 1 heterocycles. The molecule has 0 aromatic carbocycles. The van der Waals surface area contributed by atoms with Crippen molar-refractivity contribution >= 4 is 5.91 Å². The summed E-state index contributed by atoms with van der Waals surface area (Å²) in [5.41, 5.74) is -1.27. The zero-order valence-corrected chi connectivity index (χ0v) is 11.5. The predicted octanol–water partition coefficient (Wildman–Crippen LogP) is 0.923. The fourth-order valence-corrected chi connectivity index (χ4v) is 1.09. The molecule has 4 nitrogen and oxygen atoms in total. The molecule has 1 aliphatic heterocycles. The maximum absolute atomic E-state index is 11.0. The molecule has 1 saturated heterocycles. The number of aliphatic hydroxyl groups is 2. The fraction of sp³-hybridized carbons (Fsp3) is 0.778. The van der Waals surface area contributed by atoms with Crippen LogP contribution in [0.2, 0.25) is 0 Å². The van der Waals surface area contributed by atoms with E-state index < -0.39 is 11.5 Å². The Balaban J connectivity index is 0. The second kappa shape index (κ2) is 7.36. The van der Waals surface area contributed by atoms with E-state index in [9.17, 15) is 9.90 Å². The van der Waals surface area contributed by atoms with Crippen LogP contribution in [0.5, 0.6) is 0 Å². The summed E-state index contributed by atoms with van der Waals surface area (Å²) < 4.78 is 0. The number of carbonyl (C=O) groups is 1. The second-order valence-electron chi connectivity index (χ2n) is 2.79. The van der Waals surface area contributed by atoms with Gasteiger partial charge in [-0.05, 0) is 12.8 Å².